The summed E-state index contributed by atoms with van der Waals surface area (Å²) in [5, 5.41) is 10.6. The van der Waals surface area contributed by atoms with Crippen molar-refractivity contribution in [3.8, 4) is 11.4 Å². The zero-order valence-corrected chi connectivity index (χ0v) is 9.35. The van der Waals surface area contributed by atoms with Gasteiger partial charge in [-0.1, -0.05) is 11.6 Å². The molecule has 5 heteroatoms. The highest BCUT2D eigenvalue weighted by molar-refractivity contribution is 6.31. The number of benzene rings is 2. The van der Waals surface area contributed by atoms with Crippen LogP contribution < -0.4 is 5.43 Å². The van der Waals surface area contributed by atoms with Crippen molar-refractivity contribution in [1.82, 2.24) is 9.71 Å². The van der Waals surface area contributed by atoms with Crippen molar-refractivity contribution in [1.29, 1.82) is 0 Å². The van der Waals surface area contributed by atoms with E-state index in [0.717, 1.165) is 4.73 Å². The van der Waals surface area contributed by atoms with Crippen LogP contribution in [0, 0.1) is 0 Å². The average molecular weight is 247 g/mol. The average Bonchev–Trinajstić information content (AvgIpc) is 2.30. The van der Waals surface area contributed by atoms with E-state index in [4.69, 9.17) is 11.6 Å². The Kier molecular flexibility index (Phi) is 2.06. The van der Waals surface area contributed by atoms with Gasteiger partial charge in [-0.05, 0) is 30.3 Å². The predicted molar refractivity (Wildman–Crippen MR) is 64.8 cm³/mol. The SMILES string of the molecule is O=c1ccc2nc3cc(Cl)ccc3n(O)c-2c1. The predicted octanol–water partition coefficient (Wildman–Crippen LogP) is 2.39. The van der Waals surface area contributed by atoms with Crippen LogP contribution in [0.25, 0.3) is 22.4 Å². The minimum absolute atomic E-state index is 0.171. The Bertz CT molecular complexity index is 751. The molecule has 0 aromatic heterocycles. The maximum Gasteiger partial charge on any atom is 0.181 e. The fraction of sp³-hybridized carbons (Fsp3) is 0. The normalized spacial score (nSPS) is 11.1. The Morgan fingerprint density at radius 1 is 1.18 bits per heavy atom. The van der Waals surface area contributed by atoms with Gasteiger partial charge in [0.25, 0.3) is 0 Å². The molecule has 1 heterocycles. The minimum atomic E-state index is -0.171. The number of nitrogens with zero attached hydrogens (tertiary/aromatic N) is 2. The van der Waals surface area contributed by atoms with Gasteiger partial charge in [0, 0.05) is 11.1 Å². The van der Waals surface area contributed by atoms with Crippen LogP contribution in [0.1, 0.15) is 0 Å². The van der Waals surface area contributed by atoms with E-state index in [1.54, 1.807) is 24.3 Å². The van der Waals surface area contributed by atoms with Crippen LogP contribution in [0.5, 0.6) is 0 Å². The highest BCUT2D eigenvalue weighted by Crippen LogP contribution is 2.24. The van der Waals surface area contributed by atoms with Gasteiger partial charge >= 0.3 is 0 Å². The third kappa shape index (κ3) is 1.54. The van der Waals surface area contributed by atoms with E-state index in [0.29, 0.717) is 27.4 Å². The van der Waals surface area contributed by atoms with E-state index < -0.39 is 0 Å². The molecule has 3 rings (SSSR count). The Labute approximate surface area is 101 Å². The molecule has 0 unspecified atom stereocenters. The van der Waals surface area contributed by atoms with Gasteiger partial charge < -0.3 is 5.21 Å². The first-order valence-corrected chi connectivity index (χ1v) is 5.34. The molecular formula is C12H7ClN2O2. The molecule has 0 atom stereocenters. The third-order valence-electron chi connectivity index (χ3n) is 2.58. The summed E-state index contributed by atoms with van der Waals surface area (Å²) in [5.41, 5.74) is 1.84. The lowest BCUT2D eigenvalue weighted by Gasteiger charge is -2.12. The van der Waals surface area contributed by atoms with Gasteiger partial charge in [0.15, 0.2) is 5.43 Å². The molecule has 17 heavy (non-hydrogen) atoms. The second-order valence-corrected chi connectivity index (χ2v) is 4.14. The molecule has 1 N–H and O–H groups in total. The minimum Gasteiger partial charge on any atom is -0.428 e. The number of fused-ring (bicyclic) bond motifs is 2. The molecule has 1 aromatic carbocycles. The largest absolute Gasteiger partial charge is 0.428 e. The molecule has 4 nitrogen and oxygen atoms in total. The molecule has 0 saturated carbocycles. The summed E-state index contributed by atoms with van der Waals surface area (Å²) in [7, 11) is 0. The lowest BCUT2D eigenvalue weighted by atomic mass is 10.2. The zero-order valence-electron chi connectivity index (χ0n) is 8.59. The molecular weight excluding hydrogens is 240 g/mol. The van der Waals surface area contributed by atoms with E-state index in [1.807, 2.05) is 0 Å². The fourth-order valence-corrected chi connectivity index (χ4v) is 1.96. The molecule has 1 aliphatic heterocycles. The summed E-state index contributed by atoms with van der Waals surface area (Å²) in [6, 6.07) is 9.30. The molecule has 0 fully saturated rings. The molecule has 0 radical (unpaired) electrons. The van der Waals surface area contributed by atoms with Crippen LogP contribution in [0.4, 0.5) is 0 Å². The van der Waals surface area contributed by atoms with Crippen LogP contribution >= 0.6 is 11.6 Å². The van der Waals surface area contributed by atoms with E-state index >= 15 is 0 Å². The fourth-order valence-electron chi connectivity index (χ4n) is 1.79. The van der Waals surface area contributed by atoms with Gasteiger partial charge in [0.05, 0.1) is 11.2 Å². The lowest BCUT2D eigenvalue weighted by molar-refractivity contribution is 0.202. The third-order valence-corrected chi connectivity index (χ3v) is 2.82. The van der Waals surface area contributed by atoms with Crippen LogP contribution in [-0.2, 0) is 0 Å². The van der Waals surface area contributed by atoms with E-state index in [1.165, 1.54) is 12.1 Å². The van der Waals surface area contributed by atoms with Gasteiger partial charge in [-0.15, -0.1) is 0 Å². The topological polar surface area (TPSA) is 55.1 Å². The quantitative estimate of drug-likeness (QED) is 0.489. The number of hydrogen-bond acceptors (Lipinski definition) is 3. The Morgan fingerprint density at radius 2 is 2.00 bits per heavy atom. The Hall–Kier alpha value is -2.07. The van der Waals surface area contributed by atoms with E-state index in [-0.39, 0.29) is 5.43 Å². The molecule has 1 aromatic rings. The van der Waals surface area contributed by atoms with Crippen molar-refractivity contribution in [2.45, 2.75) is 0 Å². The van der Waals surface area contributed by atoms with Crippen molar-refractivity contribution in [3.63, 3.8) is 0 Å². The van der Waals surface area contributed by atoms with Crippen LogP contribution in [0.3, 0.4) is 0 Å². The summed E-state index contributed by atoms with van der Waals surface area (Å²) < 4.78 is 0.954. The molecule has 1 aliphatic carbocycles. The molecule has 0 amide bonds. The molecule has 0 bridgehead atoms. The van der Waals surface area contributed by atoms with Crippen molar-refractivity contribution < 1.29 is 5.21 Å². The number of aromatic nitrogens is 2. The summed E-state index contributed by atoms with van der Waals surface area (Å²) in [4.78, 5) is 15.6. The van der Waals surface area contributed by atoms with E-state index in [2.05, 4.69) is 4.98 Å². The monoisotopic (exact) mass is 246 g/mol. The maximum absolute atomic E-state index is 11.3. The van der Waals surface area contributed by atoms with Crippen LogP contribution in [-0.4, -0.2) is 14.9 Å². The summed E-state index contributed by atoms with van der Waals surface area (Å²) in [6.07, 6.45) is 0. The number of rotatable bonds is 0. The summed E-state index contributed by atoms with van der Waals surface area (Å²) in [5.74, 6) is 0. The molecule has 0 spiro atoms. The van der Waals surface area contributed by atoms with Crippen molar-refractivity contribution in [2.75, 3.05) is 0 Å². The molecule has 2 aliphatic rings. The second kappa shape index (κ2) is 3.46. The van der Waals surface area contributed by atoms with Crippen molar-refractivity contribution in [3.05, 3.63) is 51.6 Å². The highest BCUT2D eigenvalue weighted by Gasteiger charge is 2.12. The van der Waals surface area contributed by atoms with Gasteiger partial charge in [0.1, 0.15) is 11.2 Å². The smallest absolute Gasteiger partial charge is 0.181 e. The van der Waals surface area contributed by atoms with Gasteiger partial charge in [0.2, 0.25) is 0 Å². The first kappa shape index (κ1) is 10.1. The number of halogens is 1. The number of hydrogen-bond donors (Lipinski definition) is 1. The maximum atomic E-state index is 11.3. The van der Waals surface area contributed by atoms with E-state index in [9.17, 15) is 10.0 Å². The lowest BCUT2D eigenvalue weighted by Crippen LogP contribution is -2.08. The Balaban J connectivity index is 2.53. The van der Waals surface area contributed by atoms with Crippen molar-refractivity contribution >= 4 is 22.6 Å². The highest BCUT2D eigenvalue weighted by atomic mass is 35.5. The van der Waals surface area contributed by atoms with Gasteiger partial charge in [-0.25, -0.2) is 4.98 Å². The zero-order chi connectivity index (χ0) is 12.0. The van der Waals surface area contributed by atoms with Gasteiger partial charge in [-0.2, -0.15) is 4.73 Å². The van der Waals surface area contributed by atoms with Crippen LogP contribution in [0.15, 0.2) is 41.2 Å². The molecule has 84 valence electrons. The van der Waals surface area contributed by atoms with Crippen LogP contribution in [0.2, 0.25) is 5.02 Å². The van der Waals surface area contributed by atoms with Crippen molar-refractivity contribution in [2.24, 2.45) is 0 Å². The standard InChI is InChI=1S/C12H7ClN2O2/c13-7-1-4-11-10(5-7)14-9-3-2-8(16)6-12(9)15(11)17/h1-6,17H. The second-order valence-electron chi connectivity index (χ2n) is 3.71. The summed E-state index contributed by atoms with van der Waals surface area (Å²) >= 11 is 5.87. The first-order chi connectivity index (χ1) is 8.15. The first-order valence-electron chi connectivity index (χ1n) is 4.96. The Morgan fingerprint density at radius 3 is 2.82 bits per heavy atom. The van der Waals surface area contributed by atoms with Gasteiger partial charge in [-0.3, -0.25) is 4.79 Å². The summed E-state index contributed by atoms with van der Waals surface area (Å²) in [6.45, 7) is 0. The molecule has 0 saturated heterocycles.